The maximum atomic E-state index is 12.8. The molecule has 1 aliphatic rings. The Kier molecular flexibility index (Phi) is 7.76. The van der Waals surface area contributed by atoms with Crippen molar-refractivity contribution in [1.82, 2.24) is 15.2 Å². The molecule has 2 aromatic carbocycles. The van der Waals surface area contributed by atoms with Crippen LogP contribution in [0.25, 0.3) is 0 Å². The first-order valence-corrected chi connectivity index (χ1v) is 11.8. The van der Waals surface area contributed by atoms with Crippen molar-refractivity contribution in [2.75, 3.05) is 26.3 Å². The van der Waals surface area contributed by atoms with Crippen LogP contribution in [-0.2, 0) is 24.4 Å². The Morgan fingerprint density at radius 1 is 1.16 bits per heavy atom. The predicted molar refractivity (Wildman–Crippen MR) is 126 cm³/mol. The Balaban J connectivity index is 1.35. The van der Waals surface area contributed by atoms with E-state index in [9.17, 15) is 4.79 Å². The molecule has 0 aliphatic carbocycles. The number of hydrogen-bond donors (Lipinski definition) is 1. The van der Waals surface area contributed by atoms with Crippen LogP contribution in [0.2, 0.25) is 5.02 Å². The van der Waals surface area contributed by atoms with E-state index in [2.05, 4.69) is 27.3 Å². The molecule has 4 rings (SSSR count). The number of benzene rings is 2. The summed E-state index contributed by atoms with van der Waals surface area (Å²) in [5, 5.41) is 4.48. The molecule has 0 atom stereocenters. The molecule has 1 saturated heterocycles. The fourth-order valence-corrected chi connectivity index (χ4v) is 4.56. The predicted octanol–water partition coefficient (Wildman–Crippen LogP) is 4.45. The zero-order valence-electron chi connectivity index (χ0n) is 18.0. The molecule has 1 aromatic heterocycles. The summed E-state index contributed by atoms with van der Waals surface area (Å²) in [5.41, 5.74) is 3.07. The van der Waals surface area contributed by atoms with Crippen molar-refractivity contribution in [2.45, 2.75) is 26.6 Å². The molecular formula is C24H26ClN3O3S. The molecule has 3 aromatic rings. The zero-order chi connectivity index (χ0) is 22.3. The Morgan fingerprint density at radius 2 is 1.88 bits per heavy atom. The molecule has 168 valence electrons. The molecule has 6 nitrogen and oxygen atoms in total. The third-order valence-corrected chi connectivity index (χ3v) is 6.66. The Labute approximate surface area is 197 Å². The third kappa shape index (κ3) is 6.07. The van der Waals surface area contributed by atoms with E-state index < -0.39 is 0 Å². The average Bonchev–Trinajstić information content (AvgIpc) is 3.19. The number of nitrogens with one attached hydrogen (secondary N) is 1. The van der Waals surface area contributed by atoms with Crippen LogP contribution in [0.3, 0.4) is 0 Å². The van der Waals surface area contributed by atoms with E-state index in [0.29, 0.717) is 34.5 Å². The van der Waals surface area contributed by atoms with Crippen molar-refractivity contribution < 1.29 is 14.3 Å². The Morgan fingerprint density at radius 3 is 2.62 bits per heavy atom. The van der Waals surface area contributed by atoms with E-state index in [0.717, 1.165) is 43.4 Å². The first kappa shape index (κ1) is 22.7. The van der Waals surface area contributed by atoms with E-state index >= 15 is 0 Å². The fraction of sp³-hybridized carbons (Fsp3) is 0.333. The molecule has 0 saturated carbocycles. The second kappa shape index (κ2) is 10.9. The summed E-state index contributed by atoms with van der Waals surface area (Å²) in [7, 11) is 0. The van der Waals surface area contributed by atoms with E-state index in [-0.39, 0.29) is 5.91 Å². The molecule has 1 fully saturated rings. The van der Waals surface area contributed by atoms with Gasteiger partial charge in [-0.1, -0.05) is 35.9 Å². The summed E-state index contributed by atoms with van der Waals surface area (Å²) in [5.74, 6) is 0.601. The van der Waals surface area contributed by atoms with Crippen molar-refractivity contribution in [3.05, 3.63) is 80.3 Å². The molecule has 2 heterocycles. The largest absolute Gasteiger partial charge is 0.486 e. The van der Waals surface area contributed by atoms with E-state index in [4.69, 9.17) is 21.1 Å². The summed E-state index contributed by atoms with van der Waals surface area (Å²) >= 11 is 7.26. The summed E-state index contributed by atoms with van der Waals surface area (Å²) in [6, 6.07) is 15.4. The molecule has 8 heteroatoms. The van der Waals surface area contributed by atoms with Gasteiger partial charge in [0.15, 0.2) is 0 Å². The molecule has 0 bridgehead atoms. The number of aryl methyl sites for hydroxylation is 1. The van der Waals surface area contributed by atoms with Crippen molar-refractivity contribution in [2.24, 2.45) is 0 Å². The normalized spacial score (nSPS) is 14.3. The highest BCUT2D eigenvalue weighted by Crippen LogP contribution is 2.22. The smallest absolute Gasteiger partial charge is 0.263 e. The molecular weight excluding hydrogens is 446 g/mol. The van der Waals surface area contributed by atoms with Gasteiger partial charge in [-0.2, -0.15) is 0 Å². The summed E-state index contributed by atoms with van der Waals surface area (Å²) in [6.07, 6.45) is 0. The van der Waals surface area contributed by atoms with E-state index in [1.165, 1.54) is 16.9 Å². The van der Waals surface area contributed by atoms with Gasteiger partial charge in [0.05, 0.1) is 18.9 Å². The molecule has 1 N–H and O–H groups in total. The summed E-state index contributed by atoms with van der Waals surface area (Å²) in [4.78, 5) is 20.3. The van der Waals surface area contributed by atoms with Gasteiger partial charge >= 0.3 is 0 Å². The number of carbonyl (C=O) groups excluding carboxylic acids is 1. The average molecular weight is 472 g/mol. The van der Waals surface area contributed by atoms with Crippen LogP contribution in [0.15, 0.2) is 48.5 Å². The molecule has 0 spiro atoms. The lowest BCUT2D eigenvalue weighted by Gasteiger charge is -2.27. The van der Waals surface area contributed by atoms with Gasteiger partial charge in [0.25, 0.3) is 5.91 Å². The number of amides is 1. The van der Waals surface area contributed by atoms with Crippen LogP contribution >= 0.6 is 22.9 Å². The van der Waals surface area contributed by atoms with Crippen LogP contribution in [0, 0.1) is 6.92 Å². The molecule has 1 aliphatic heterocycles. The third-order valence-electron chi connectivity index (χ3n) is 5.28. The maximum absolute atomic E-state index is 12.8. The van der Waals surface area contributed by atoms with Crippen LogP contribution in [0.1, 0.15) is 31.5 Å². The second-order valence-electron chi connectivity index (χ2n) is 7.60. The SMILES string of the molecule is Cc1nc(COc2ccc(Cl)cc2)sc1C(=O)NCc1ccccc1CN1CCOCC1. The number of carbonyl (C=O) groups is 1. The number of aromatic nitrogens is 1. The van der Waals surface area contributed by atoms with Crippen LogP contribution in [-0.4, -0.2) is 42.1 Å². The van der Waals surface area contributed by atoms with Crippen LogP contribution in [0.4, 0.5) is 0 Å². The number of nitrogens with zero attached hydrogens (tertiary/aromatic N) is 2. The van der Waals surface area contributed by atoms with E-state index in [1.807, 2.05) is 31.2 Å². The fourth-order valence-electron chi connectivity index (χ4n) is 3.54. The Hall–Kier alpha value is -2.45. The molecule has 1 amide bonds. The first-order chi connectivity index (χ1) is 15.6. The Bertz CT molecular complexity index is 1050. The molecule has 32 heavy (non-hydrogen) atoms. The lowest BCUT2D eigenvalue weighted by Crippen LogP contribution is -2.36. The highest BCUT2D eigenvalue weighted by molar-refractivity contribution is 7.13. The van der Waals surface area contributed by atoms with Crippen molar-refractivity contribution in [3.63, 3.8) is 0 Å². The minimum atomic E-state index is -0.112. The monoisotopic (exact) mass is 471 g/mol. The quantitative estimate of drug-likeness (QED) is 0.526. The highest BCUT2D eigenvalue weighted by Gasteiger charge is 2.17. The van der Waals surface area contributed by atoms with Gasteiger partial charge in [-0.15, -0.1) is 11.3 Å². The number of thiazole rings is 1. The van der Waals surface area contributed by atoms with Gasteiger partial charge in [0, 0.05) is 31.2 Å². The van der Waals surface area contributed by atoms with Crippen LogP contribution in [0.5, 0.6) is 5.75 Å². The van der Waals surface area contributed by atoms with E-state index in [1.54, 1.807) is 12.1 Å². The first-order valence-electron chi connectivity index (χ1n) is 10.6. The van der Waals surface area contributed by atoms with Gasteiger partial charge in [-0.25, -0.2) is 4.98 Å². The zero-order valence-corrected chi connectivity index (χ0v) is 19.5. The number of morpholine rings is 1. The number of rotatable bonds is 8. The lowest BCUT2D eigenvalue weighted by atomic mass is 10.1. The van der Waals surface area contributed by atoms with Gasteiger partial charge in [0.2, 0.25) is 0 Å². The van der Waals surface area contributed by atoms with Crippen LogP contribution < -0.4 is 10.1 Å². The summed E-state index contributed by atoms with van der Waals surface area (Å²) < 4.78 is 11.2. The van der Waals surface area contributed by atoms with Gasteiger partial charge in [0.1, 0.15) is 22.2 Å². The van der Waals surface area contributed by atoms with Crippen molar-refractivity contribution in [3.8, 4) is 5.75 Å². The number of ether oxygens (including phenoxy) is 2. The molecule has 0 unspecified atom stereocenters. The lowest BCUT2D eigenvalue weighted by molar-refractivity contribution is 0.0340. The van der Waals surface area contributed by atoms with Gasteiger partial charge in [-0.05, 0) is 42.3 Å². The van der Waals surface area contributed by atoms with Crippen molar-refractivity contribution in [1.29, 1.82) is 0 Å². The van der Waals surface area contributed by atoms with Gasteiger partial charge in [-0.3, -0.25) is 9.69 Å². The topological polar surface area (TPSA) is 63.7 Å². The minimum absolute atomic E-state index is 0.112. The highest BCUT2D eigenvalue weighted by atomic mass is 35.5. The standard InChI is InChI=1S/C24H26ClN3O3S/c1-17-23(32-22(27-17)16-31-21-8-6-20(25)7-9-21)24(29)26-14-18-4-2-3-5-19(18)15-28-10-12-30-13-11-28/h2-9H,10-16H2,1H3,(H,26,29). The van der Waals surface area contributed by atoms with Crippen molar-refractivity contribution >= 4 is 28.8 Å². The minimum Gasteiger partial charge on any atom is -0.486 e. The maximum Gasteiger partial charge on any atom is 0.263 e. The second-order valence-corrected chi connectivity index (χ2v) is 9.12. The van der Waals surface area contributed by atoms with Gasteiger partial charge < -0.3 is 14.8 Å². The molecule has 0 radical (unpaired) electrons. The number of hydrogen-bond acceptors (Lipinski definition) is 6. The summed E-state index contributed by atoms with van der Waals surface area (Å²) in [6.45, 7) is 6.91. The number of halogens is 1.